The number of aliphatic hydroxyl groups is 1. The molecule has 3 fully saturated rings. The Morgan fingerprint density at radius 2 is 1.72 bits per heavy atom. The van der Waals surface area contributed by atoms with Crippen LogP contribution < -0.4 is 0 Å². The molecule has 3 aliphatic heterocycles. The Hall–Kier alpha value is -0.240. The lowest BCUT2D eigenvalue weighted by atomic mass is 9.97. The number of fused-ring (bicyclic) bond motifs is 1. The molecule has 0 aromatic carbocycles. The molecule has 0 aliphatic carbocycles. The molecule has 6 heteroatoms. The van der Waals surface area contributed by atoms with E-state index in [4.69, 9.17) is 23.7 Å². The predicted octanol–water partition coefficient (Wildman–Crippen LogP) is 0.377. The van der Waals surface area contributed by atoms with Crippen molar-refractivity contribution in [1.82, 2.24) is 0 Å². The smallest absolute Gasteiger partial charge is 0.224 e. The summed E-state index contributed by atoms with van der Waals surface area (Å²) in [7, 11) is 0. The topological polar surface area (TPSA) is 66.4 Å². The van der Waals surface area contributed by atoms with Gasteiger partial charge in [-0.3, -0.25) is 0 Å². The molecule has 4 atom stereocenters. The summed E-state index contributed by atoms with van der Waals surface area (Å²) < 4.78 is 28.3. The molecule has 0 amide bonds. The van der Waals surface area contributed by atoms with E-state index in [9.17, 15) is 5.11 Å². The summed E-state index contributed by atoms with van der Waals surface area (Å²) >= 11 is 0. The van der Waals surface area contributed by atoms with E-state index >= 15 is 0 Å². The van der Waals surface area contributed by atoms with Gasteiger partial charge in [0.15, 0.2) is 11.6 Å². The zero-order chi connectivity index (χ0) is 13.2. The fraction of sp³-hybridized carbons (Fsp3) is 1.00. The van der Waals surface area contributed by atoms with E-state index in [0.29, 0.717) is 6.61 Å². The van der Waals surface area contributed by atoms with E-state index in [-0.39, 0.29) is 12.7 Å². The van der Waals surface area contributed by atoms with E-state index in [1.165, 1.54) is 0 Å². The first-order chi connectivity index (χ1) is 8.23. The van der Waals surface area contributed by atoms with Crippen LogP contribution >= 0.6 is 0 Å². The van der Waals surface area contributed by atoms with Crippen molar-refractivity contribution in [3.05, 3.63) is 0 Å². The van der Waals surface area contributed by atoms with Crippen LogP contribution in [0.3, 0.4) is 0 Å². The van der Waals surface area contributed by atoms with Gasteiger partial charge < -0.3 is 28.8 Å². The number of ether oxygens (including phenoxy) is 5. The van der Waals surface area contributed by atoms with Crippen LogP contribution in [0.1, 0.15) is 27.7 Å². The zero-order valence-corrected chi connectivity index (χ0v) is 11.1. The van der Waals surface area contributed by atoms with E-state index in [1.54, 1.807) is 13.8 Å². The van der Waals surface area contributed by atoms with Crippen molar-refractivity contribution in [2.75, 3.05) is 13.2 Å². The second kappa shape index (κ2) is 3.65. The lowest BCUT2D eigenvalue weighted by Gasteiger charge is -2.41. The van der Waals surface area contributed by atoms with Gasteiger partial charge in [0.1, 0.15) is 24.9 Å². The second-order valence-electron chi connectivity index (χ2n) is 6.00. The first-order valence-corrected chi connectivity index (χ1v) is 6.25. The first-order valence-electron chi connectivity index (χ1n) is 6.25. The Kier molecular flexibility index (Phi) is 2.59. The molecule has 0 saturated carbocycles. The minimum atomic E-state index is -1.14. The van der Waals surface area contributed by atoms with E-state index in [2.05, 4.69) is 0 Å². The Morgan fingerprint density at radius 3 is 2.33 bits per heavy atom. The van der Waals surface area contributed by atoms with Gasteiger partial charge in [0, 0.05) is 0 Å². The molecular weight excluding hydrogens is 240 g/mol. The molecule has 6 nitrogen and oxygen atoms in total. The summed E-state index contributed by atoms with van der Waals surface area (Å²) in [6.45, 7) is 7.74. The minimum absolute atomic E-state index is 0.189. The molecule has 0 bridgehead atoms. The number of aliphatic hydroxyl groups excluding tert-OH is 1. The largest absolute Gasteiger partial charge is 0.385 e. The lowest BCUT2D eigenvalue weighted by molar-refractivity contribution is -0.326. The third-order valence-electron chi connectivity index (χ3n) is 3.51. The Bertz CT molecular complexity index is 352. The predicted molar refractivity (Wildman–Crippen MR) is 59.6 cm³/mol. The van der Waals surface area contributed by atoms with Gasteiger partial charge in [0.2, 0.25) is 5.79 Å². The van der Waals surface area contributed by atoms with Crippen LogP contribution in [0.4, 0.5) is 0 Å². The maximum atomic E-state index is 10.5. The highest BCUT2D eigenvalue weighted by molar-refractivity contribution is 5.00. The van der Waals surface area contributed by atoms with Crippen molar-refractivity contribution in [3.8, 4) is 0 Å². The summed E-state index contributed by atoms with van der Waals surface area (Å²) in [5, 5.41) is 10.5. The van der Waals surface area contributed by atoms with Crippen LogP contribution in [0, 0.1) is 0 Å². The van der Waals surface area contributed by atoms with Crippen molar-refractivity contribution in [1.29, 1.82) is 0 Å². The normalized spacial score (nSPS) is 49.5. The highest BCUT2D eigenvalue weighted by atomic mass is 16.9. The SMILES string of the molecule is CC1(C)O[C@H]2[C@@H](O)[C@]3(COC(C)(C)O3)OC[C@H]2O1. The summed E-state index contributed by atoms with van der Waals surface area (Å²) in [5.41, 5.74) is 0. The van der Waals surface area contributed by atoms with E-state index in [1.807, 2.05) is 13.8 Å². The standard InChI is InChI=1S/C12H20O6/c1-10(2)15-6-12(18-10)9(13)8-7(5-14-12)16-11(3,4)17-8/h7-9,13H,5-6H2,1-4H3/t7-,8-,9-,12-/m1/s1. The van der Waals surface area contributed by atoms with Gasteiger partial charge in [-0.2, -0.15) is 0 Å². The Morgan fingerprint density at radius 1 is 1.00 bits per heavy atom. The molecule has 0 aromatic heterocycles. The molecule has 3 rings (SSSR count). The monoisotopic (exact) mass is 260 g/mol. The Labute approximate surface area is 106 Å². The van der Waals surface area contributed by atoms with Gasteiger partial charge in [-0.15, -0.1) is 0 Å². The Balaban J connectivity index is 1.82. The van der Waals surface area contributed by atoms with Gasteiger partial charge in [0.05, 0.1) is 6.61 Å². The fourth-order valence-electron chi connectivity index (χ4n) is 2.78. The number of hydrogen-bond acceptors (Lipinski definition) is 6. The maximum absolute atomic E-state index is 10.5. The van der Waals surface area contributed by atoms with Crippen LogP contribution in [0.2, 0.25) is 0 Å². The zero-order valence-electron chi connectivity index (χ0n) is 11.1. The van der Waals surface area contributed by atoms with E-state index < -0.39 is 29.6 Å². The number of rotatable bonds is 0. The van der Waals surface area contributed by atoms with Crippen molar-refractivity contribution in [2.24, 2.45) is 0 Å². The van der Waals surface area contributed by atoms with Crippen molar-refractivity contribution < 1.29 is 28.8 Å². The highest BCUT2D eigenvalue weighted by Crippen LogP contribution is 2.43. The lowest BCUT2D eigenvalue weighted by Crippen LogP contribution is -2.61. The summed E-state index contributed by atoms with van der Waals surface area (Å²) in [5.74, 6) is -2.61. The average molecular weight is 260 g/mol. The molecule has 0 unspecified atom stereocenters. The van der Waals surface area contributed by atoms with Gasteiger partial charge in [-0.1, -0.05) is 0 Å². The highest BCUT2D eigenvalue weighted by Gasteiger charge is 2.62. The molecule has 18 heavy (non-hydrogen) atoms. The molecule has 3 heterocycles. The molecule has 3 saturated heterocycles. The van der Waals surface area contributed by atoms with Crippen LogP contribution in [0.15, 0.2) is 0 Å². The molecule has 1 spiro atoms. The minimum Gasteiger partial charge on any atom is -0.385 e. The molecule has 0 radical (unpaired) electrons. The number of hydrogen-bond donors (Lipinski definition) is 1. The van der Waals surface area contributed by atoms with Crippen molar-refractivity contribution in [3.63, 3.8) is 0 Å². The fourth-order valence-corrected chi connectivity index (χ4v) is 2.78. The van der Waals surface area contributed by atoms with E-state index in [0.717, 1.165) is 0 Å². The molecular formula is C12H20O6. The van der Waals surface area contributed by atoms with Gasteiger partial charge in [-0.05, 0) is 27.7 Å². The van der Waals surface area contributed by atoms with Gasteiger partial charge in [0.25, 0.3) is 0 Å². The molecule has 1 N–H and O–H groups in total. The molecule has 3 aliphatic rings. The average Bonchev–Trinajstić information content (AvgIpc) is 2.71. The molecule has 0 aromatic rings. The third-order valence-corrected chi connectivity index (χ3v) is 3.51. The van der Waals surface area contributed by atoms with Crippen LogP contribution in [-0.2, 0) is 23.7 Å². The summed E-state index contributed by atoms with van der Waals surface area (Å²) in [6.07, 6.45) is -1.65. The van der Waals surface area contributed by atoms with Crippen LogP contribution in [0.25, 0.3) is 0 Å². The summed E-state index contributed by atoms with van der Waals surface area (Å²) in [6, 6.07) is 0. The first kappa shape index (κ1) is 12.8. The van der Waals surface area contributed by atoms with Crippen LogP contribution in [-0.4, -0.2) is 54.0 Å². The van der Waals surface area contributed by atoms with Gasteiger partial charge >= 0.3 is 0 Å². The third kappa shape index (κ3) is 1.88. The second-order valence-corrected chi connectivity index (χ2v) is 6.00. The molecule has 104 valence electrons. The van der Waals surface area contributed by atoms with Crippen molar-refractivity contribution in [2.45, 2.75) is 63.4 Å². The maximum Gasteiger partial charge on any atom is 0.224 e. The van der Waals surface area contributed by atoms with Gasteiger partial charge in [-0.25, -0.2) is 0 Å². The summed E-state index contributed by atoms with van der Waals surface area (Å²) in [4.78, 5) is 0. The van der Waals surface area contributed by atoms with Crippen LogP contribution in [0.5, 0.6) is 0 Å². The quantitative estimate of drug-likeness (QED) is 0.679. The van der Waals surface area contributed by atoms with Crippen molar-refractivity contribution >= 4 is 0 Å².